The Morgan fingerprint density at radius 1 is 1.12 bits per heavy atom. The third-order valence-electron chi connectivity index (χ3n) is 3.57. The molecular formula is C16H12Cl2F3N3. The zero-order valence-electron chi connectivity index (χ0n) is 12.2. The number of aromatic nitrogens is 2. The lowest BCUT2D eigenvalue weighted by Gasteiger charge is -2.10. The lowest BCUT2D eigenvalue weighted by atomic mass is 10.1. The van der Waals surface area contributed by atoms with Crippen LogP contribution in [0.3, 0.4) is 0 Å². The molecule has 0 saturated heterocycles. The fourth-order valence-electron chi connectivity index (χ4n) is 2.53. The topological polar surface area (TPSA) is 43.3 Å². The van der Waals surface area contributed by atoms with Crippen LogP contribution in [-0.4, -0.2) is 15.9 Å². The van der Waals surface area contributed by atoms with Gasteiger partial charge in [0.05, 0.1) is 22.0 Å². The first-order chi connectivity index (χ1) is 11.3. The molecule has 3 nitrogen and oxygen atoms in total. The van der Waals surface area contributed by atoms with E-state index in [0.29, 0.717) is 34.9 Å². The van der Waals surface area contributed by atoms with Crippen molar-refractivity contribution in [3.05, 3.63) is 57.8 Å². The van der Waals surface area contributed by atoms with Crippen LogP contribution in [0, 0.1) is 0 Å². The van der Waals surface area contributed by atoms with E-state index in [-0.39, 0.29) is 10.7 Å². The molecule has 0 spiro atoms. The Balaban J connectivity index is 2.33. The average molecular weight is 374 g/mol. The van der Waals surface area contributed by atoms with Gasteiger partial charge in [-0.2, -0.15) is 13.2 Å². The van der Waals surface area contributed by atoms with Crippen molar-refractivity contribution in [2.75, 3.05) is 6.54 Å². The highest BCUT2D eigenvalue weighted by Crippen LogP contribution is 2.35. The first kappa shape index (κ1) is 17.1. The normalized spacial score (nSPS) is 12.1. The maximum absolute atomic E-state index is 13.1. The fraction of sp³-hybridized carbons (Fsp3) is 0.188. The maximum atomic E-state index is 13.1. The minimum absolute atomic E-state index is 0.0664. The highest BCUT2D eigenvalue weighted by atomic mass is 35.5. The summed E-state index contributed by atoms with van der Waals surface area (Å²) in [6, 6.07) is 7.65. The number of hydrogen-bond donors (Lipinski definition) is 1. The quantitative estimate of drug-likeness (QED) is 0.714. The molecule has 0 amide bonds. The third-order valence-corrected chi connectivity index (χ3v) is 4.10. The number of benzene rings is 1. The number of rotatable bonds is 3. The molecule has 0 saturated carbocycles. The number of pyridine rings is 1. The van der Waals surface area contributed by atoms with E-state index >= 15 is 0 Å². The van der Waals surface area contributed by atoms with Gasteiger partial charge in [0, 0.05) is 23.2 Å². The van der Waals surface area contributed by atoms with Gasteiger partial charge < -0.3 is 5.73 Å². The van der Waals surface area contributed by atoms with Crippen LogP contribution in [0.4, 0.5) is 13.2 Å². The summed E-state index contributed by atoms with van der Waals surface area (Å²) in [7, 11) is 0. The summed E-state index contributed by atoms with van der Waals surface area (Å²) in [5.41, 5.74) is 6.83. The van der Waals surface area contributed by atoms with Crippen molar-refractivity contribution in [3.8, 4) is 11.3 Å². The van der Waals surface area contributed by atoms with Crippen LogP contribution >= 0.6 is 23.2 Å². The van der Waals surface area contributed by atoms with Crippen LogP contribution in [0.15, 0.2) is 36.5 Å². The maximum Gasteiger partial charge on any atom is 0.417 e. The Bertz CT molecular complexity index is 886. The Morgan fingerprint density at radius 3 is 2.38 bits per heavy atom. The van der Waals surface area contributed by atoms with E-state index in [1.807, 2.05) is 0 Å². The second-order valence-electron chi connectivity index (χ2n) is 5.22. The average Bonchev–Trinajstić information content (AvgIpc) is 2.86. The van der Waals surface area contributed by atoms with Crippen LogP contribution in [-0.2, 0) is 12.6 Å². The van der Waals surface area contributed by atoms with E-state index in [1.54, 1.807) is 24.3 Å². The number of fused-ring (bicyclic) bond motifs is 1. The van der Waals surface area contributed by atoms with Crippen LogP contribution < -0.4 is 5.73 Å². The van der Waals surface area contributed by atoms with Gasteiger partial charge in [0.25, 0.3) is 0 Å². The second kappa shape index (κ2) is 6.27. The molecule has 8 heteroatoms. The number of hydrogen-bond acceptors (Lipinski definition) is 2. The van der Waals surface area contributed by atoms with Gasteiger partial charge in [-0.15, -0.1) is 0 Å². The largest absolute Gasteiger partial charge is 0.417 e. The van der Waals surface area contributed by atoms with Gasteiger partial charge in [-0.1, -0.05) is 35.3 Å². The van der Waals surface area contributed by atoms with Gasteiger partial charge >= 0.3 is 6.18 Å². The van der Waals surface area contributed by atoms with E-state index in [9.17, 15) is 13.2 Å². The number of halogens is 5. The standard InChI is InChI=1S/C16H12Cl2F3N3/c17-11-3-1-9(2-4-11)14-13(5-6-22)23-15-12(18)7-10(8-24(14)15)16(19,20)21/h1-4,7-8H,5-6,22H2. The Hall–Kier alpha value is -1.76. The first-order valence-electron chi connectivity index (χ1n) is 7.05. The van der Waals surface area contributed by atoms with Crippen LogP contribution in [0.1, 0.15) is 11.3 Å². The number of nitrogens with zero attached hydrogens (tertiary/aromatic N) is 2. The molecule has 0 bridgehead atoms. The number of nitrogens with two attached hydrogens (primary N) is 1. The molecule has 3 rings (SSSR count). The summed E-state index contributed by atoms with van der Waals surface area (Å²) in [6.07, 6.45) is -3.09. The smallest absolute Gasteiger partial charge is 0.330 e. The number of alkyl halides is 3. The summed E-state index contributed by atoms with van der Waals surface area (Å²) in [5, 5.41) is 0.463. The zero-order chi connectivity index (χ0) is 17.5. The molecule has 126 valence electrons. The van der Waals surface area contributed by atoms with Gasteiger partial charge in [-0.3, -0.25) is 4.40 Å². The van der Waals surface area contributed by atoms with Gasteiger partial charge in [0.2, 0.25) is 0 Å². The molecule has 0 aliphatic rings. The molecule has 3 aromatic rings. The first-order valence-corrected chi connectivity index (χ1v) is 7.80. The molecule has 1 aromatic carbocycles. The molecule has 2 N–H and O–H groups in total. The second-order valence-corrected chi connectivity index (χ2v) is 6.06. The van der Waals surface area contributed by atoms with E-state index in [4.69, 9.17) is 28.9 Å². The van der Waals surface area contributed by atoms with Crippen molar-refractivity contribution >= 4 is 28.8 Å². The van der Waals surface area contributed by atoms with Gasteiger partial charge in [-0.25, -0.2) is 4.98 Å². The summed E-state index contributed by atoms with van der Waals surface area (Å²) in [5.74, 6) is 0. The zero-order valence-corrected chi connectivity index (χ0v) is 13.8. The minimum atomic E-state index is -4.51. The molecule has 0 fully saturated rings. The molecule has 0 aliphatic carbocycles. The molecule has 0 radical (unpaired) electrons. The van der Waals surface area contributed by atoms with Crippen molar-refractivity contribution in [1.29, 1.82) is 0 Å². The molecule has 2 heterocycles. The van der Waals surface area contributed by atoms with Crippen LogP contribution in [0.25, 0.3) is 16.9 Å². The SMILES string of the molecule is NCCc1nc2c(Cl)cc(C(F)(F)F)cn2c1-c1ccc(Cl)cc1. The van der Waals surface area contributed by atoms with Gasteiger partial charge in [-0.05, 0) is 24.7 Å². The van der Waals surface area contributed by atoms with E-state index in [1.165, 1.54) is 4.40 Å². The van der Waals surface area contributed by atoms with Crippen LogP contribution in [0.5, 0.6) is 0 Å². The lowest BCUT2D eigenvalue weighted by molar-refractivity contribution is -0.137. The molecule has 24 heavy (non-hydrogen) atoms. The Morgan fingerprint density at radius 2 is 1.79 bits per heavy atom. The minimum Gasteiger partial charge on any atom is -0.330 e. The molecule has 0 aliphatic heterocycles. The summed E-state index contributed by atoms with van der Waals surface area (Å²) >= 11 is 11.9. The number of imidazole rings is 1. The highest BCUT2D eigenvalue weighted by Gasteiger charge is 2.32. The molecular weight excluding hydrogens is 362 g/mol. The lowest BCUT2D eigenvalue weighted by Crippen LogP contribution is -2.07. The van der Waals surface area contributed by atoms with Crippen LogP contribution in [0.2, 0.25) is 10.0 Å². The van der Waals surface area contributed by atoms with Crippen molar-refractivity contribution in [2.45, 2.75) is 12.6 Å². The van der Waals surface area contributed by atoms with Crippen molar-refractivity contribution in [2.24, 2.45) is 5.73 Å². The van der Waals surface area contributed by atoms with E-state index in [2.05, 4.69) is 4.98 Å². The predicted octanol–water partition coefficient (Wildman–Crippen LogP) is 4.83. The van der Waals surface area contributed by atoms with Gasteiger partial charge in [0.15, 0.2) is 5.65 Å². The van der Waals surface area contributed by atoms with Crippen molar-refractivity contribution < 1.29 is 13.2 Å². The predicted molar refractivity (Wildman–Crippen MR) is 88.4 cm³/mol. The Labute approximate surface area is 145 Å². The Kier molecular flexibility index (Phi) is 4.46. The summed E-state index contributed by atoms with van der Waals surface area (Å²) in [4.78, 5) is 4.37. The monoisotopic (exact) mass is 373 g/mol. The summed E-state index contributed by atoms with van der Waals surface area (Å²) < 4.78 is 40.7. The highest BCUT2D eigenvalue weighted by molar-refractivity contribution is 6.33. The molecule has 0 unspecified atom stereocenters. The molecule has 0 atom stereocenters. The fourth-order valence-corrected chi connectivity index (χ4v) is 2.91. The van der Waals surface area contributed by atoms with Gasteiger partial charge in [0.1, 0.15) is 0 Å². The summed E-state index contributed by atoms with van der Waals surface area (Å²) in [6.45, 7) is 0.314. The van der Waals surface area contributed by atoms with E-state index < -0.39 is 11.7 Å². The van der Waals surface area contributed by atoms with E-state index in [0.717, 1.165) is 12.3 Å². The molecule has 2 aromatic heterocycles. The van der Waals surface area contributed by atoms with Crippen molar-refractivity contribution in [1.82, 2.24) is 9.38 Å². The third kappa shape index (κ3) is 3.09. The van der Waals surface area contributed by atoms with Crippen molar-refractivity contribution in [3.63, 3.8) is 0 Å².